The van der Waals surface area contributed by atoms with Gasteiger partial charge in [-0.25, -0.2) is 0 Å². The van der Waals surface area contributed by atoms with Gasteiger partial charge < -0.3 is 4.90 Å². The van der Waals surface area contributed by atoms with E-state index in [0.29, 0.717) is 0 Å². The van der Waals surface area contributed by atoms with Crippen LogP contribution in [0.5, 0.6) is 0 Å². The van der Waals surface area contributed by atoms with Gasteiger partial charge in [0.25, 0.3) is 0 Å². The Balaban J connectivity index is 1.92. The van der Waals surface area contributed by atoms with Crippen LogP contribution in [0.4, 0.5) is 0 Å². The second-order valence-electron chi connectivity index (χ2n) is 4.58. The molecule has 1 heterocycles. The zero-order valence-electron chi connectivity index (χ0n) is 9.25. The molecule has 0 aromatic heterocycles. The average Bonchev–Trinajstić information content (AvgIpc) is 2.22. The van der Waals surface area contributed by atoms with Gasteiger partial charge in [0, 0.05) is 5.02 Å². The average molecular weight is 224 g/mol. The monoisotopic (exact) mass is 223 g/mol. The lowest BCUT2D eigenvalue weighted by Crippen LogP contribution is -2.30. The fourth-order valence-corrected chi connectivity index (χ4v) is 2.48. The third-order valence-electron chi connectivity index (χ3n) is 3.25. The highest BCUT2D eigenvalue weighted by molar-refractivity contribution is 6.30. The number of likely N-dealkylation sites (tertiary alicyclic amines) is 1. The van der Waals surface area contributed by atoms with Crippen LogP contribution in [0.3, 0.4) is 0 Å². The van der Waals surface area contributed by atoms with Crippen LogP contribution in [-0.2, 0) is 6.42 Å². The number of halogens is 1. The van der Waals surface area contributed by atoms with E-state index in [0.717, 1.165) is 10.9 Å². The minimum atomic E-state index is 0.847. The summed E-state index contributed by atoms with van der Waals surface area (Å²) in [6.45, 7) is 2.48. The van der Waals surface area contributed by atoms with Gasteiger partial charge in [-0.3, -0.25) is 0 Å². The maximum absolute atomic E-state index is 5.98. The normalized spacial score (nSPS) is 19.3. The quantitative estimate of drug-likeness (QED) is 0.744. The highest BCUT2D eigenvalue weighted by atomic mass is 35.5. The van der Waals surface area contributed by atoms with E-state index in [1.54, 1.807) is 0 Å². The lowest BCUT2D eigenvalue weighted by atomic mass is 9.90. The summed E-state index contributed by atoms with van der Waals surface area (Å²) in [5.41, 5.74) is 1.39. The molecule has 82 valence electrons. The Morgan fingerprint density at radius 1 is 1.33 bits per heavy atom. The second-order valence-corrected chi connectivity index (χ2v) is 5.02. The van der Waals surface area contributed by atoms with E-state index < -0.39 is 0 Å². The summed E-state index contributed by atoms with van der Waals surface area (Å²) < 4.78 is 0. The predicted octanol–water partition coefficient (Wildman–Crippen LogP) is 3.22. The van der Waals surface area contributed by atoms with Gasteiger partial charge in [0.1, 0.15) is 0 Å². The van der Waals surface area contributed by atoms with E-state index in [-0.39, 0.29) is 0 Å². The van der Waals surface area contributed by atoms with E-state index >= 15 is 0 Å². The molecule has 0 radical (unpaired) electrons. The van der Waals surface area contributed by atoms with Crippen molar-refractivity contribution in [2.24, 2.45) is 5.92 Å². The van der Waals surface area contributed by atoms with Crippen LogP contribution in [0.15, 0.2) is 24.3 Å². The Morgan fingerprint density at radius 3 is 2.73 bits per heavy atom. The number of hydrogen-bond acceptors (Lipinski definition) is 1. The van der Waals surface area contributed by atoms with Gasteiger partial charge >= 0.3 is 0 Å². The first-order valence-corrected chi connectivity index (χ1v) is 6.05. The maximum atomic E-state index is 5.98. The van der Waals surface area contributed by atoms with E-state index in [4.69, 9.17) is 11.6 Å². The Labute approximate surface area is 97.0 Å². The molecule has 1 saturated heterocycles. The molecule has 1 aromatic carbocycles. The molecule has 1 aliphatic heterocycles. The highest BCUT2D eigenvalue weighted by Crippen LogP contribution is 2.22. The first-order valence-electron chi connectivity index (χ1n) is 5.67. The smallest absolute Gasteiger partial charge is 0.0408 e. The van der Waals surface area contributed by atoms with Crippen LogP contribution in [-0.4, -0.2) is 25.0 Å². The van der Waals surface area contributed by atoms with Gasteiger partial charge in [0.15, 0.2) is 0 Å². The molecule has 0 amide bonds. The minimum Gasteiger partial charge on any atom is -0.306 e. The van der Waals surface area contributed by atoms with Crippen molar-refractivity contribution in [2.45, 2.75) is 19.3 Å². The summed E-state index contributed by atoms with van der Waals surface area (Å²) in [4.78, 5) is 2.41. The Hall–Kier alpha value is -0.530. The van der Waals surface area contributed by atoms with Crippen molar-refractivity contribution in [1.29, 1.82) is 0 Å². The van der Waals surface area contributed by atoms with Gasteiger partial charge in [-0.15, -0.1) is 0 Å². The molecule has 0 N–H and O–H groups in total. The van der Waals surface area contributed by atoms with Crippen LogP contribution in [0.2, 0.25) is 5.02 Å². The Morgan fingerprint density at radius 2 is 2.07 bits per heavy atom. The van der Waals surface area contributed by atoms with Crippen molar-refractivity contribution in [3.05, 3.63) is 34.9 Å². The number of benzene rings is 1. The predicted molar refractivity (Wildman–Crippen MR) is 65.4 cm³/mol. The van der Waals surface area contributed by atoms with Crippen LogP contribution in [0, 0.1) is 5.92 Å². The van der Waals surface area contributed by atoms with Gasteiger partial charge in [0.2, 0.25) is 0 Å². The molecule has 0 bridgehead atoms. The zero-order chi connectivity index (χ0) is 10.7. The first-order chi connectivity index (χ1) is 7.24. The fraction of sp³-hybridized carbons (Fsp3) is 0.538. The summed E-state index contributed by atoms with van der Waals surface area (Å²) in [5.74, 6) is 0.847. The van der Waals surface area contributed by atoms with Crippen LogP contribution in [0.25, 0.3) is 0 Å². The lowest BCUT2D eigenvalue weighted by Gasteiger charge is -2.28. The molecule has 1 aliphatic rings. The summed E-state index contributed by atoms with van der Waals surface area (Å²) in [5, 5.41) is 0.862. The molecule has 0 aliphatic carbocycles. The first kappa shape index (κ1) is 11.0. The van der Waals surface area contributed by atoms with Crippen LogP contribution < -0.4 is 0 Å². The minimum absolute atomic E-state index is 0.847. The van der Waals surface area contributed by atoms with Crippen LogP contribution in [0.1, 0.15) is 18.4 Å². The second kappa shape index (κ2) is 5.00. The van der Waals surface area contributed by atoms with E-state index in [2.05, 4.69) is 24.1 Å². The number of piperidine rings is 1. The SMILES string of the molecule is CN1CCC(Cc2cccc(Cl)c2)CC1. The molecule has 0 saturated carbocycles. The summed E-state index contributed by atoms with van der Waals surface area (Å²) in [6, 6.07) is 8.27. The summed E-state index contributed by atoms with van der Waals surface area (Å²) in [6.07, 6.45) is 3.83. The lowest BCUT2D eigenvalue weighted by molar-refractivity contribution is 0.219. The molecule has 2 heteroatoms. The third kappa shape index (κ3) is 3.22. The molecule has 1 nitrogen and oxygen atoms in total. The van der Waals surface area contributed by atoms with E-state index in [9.17, 15) is 0 Å². The van der Waals surface area contributed by atoms with Gasteiger partial charge in [0.05, 0.1) is 0 Å². The number of rotatable bonds is 2. The van der Waals surface area contributed by atoms with Crippen molar-refractivity contribution in [2.75, 3.05) is 20.1 Å². The Kier molecular flexibility index (Phi) is 3.66. The molecule has 0 unspecified atom stereocenters. The molecule has 2 rings (SSSR count). The van der Waals surface area contributed by atoms with Crippen molar-refractivity contribution in [3.63, 3.8) is 0 Å². The number of hydrogen-bond donors (Lipinski definition) is 0. The molecule has 1 fully saturated rings. The maximum Gasteiger partial charge on any atom is 0.0408 e. The molecule has 0 spiro atoms. The summed E-state index contributed by atoms with van der Waals surface area (Å²) >= 11 is 5.98. The van der Waals surface area contributed by atoms with Crippen molar-refractivity contribution < 1.29 is 0 Å². The topological polar surface area (TPSA) is 3.24 Å². The molecule has 0 atom stereocenters. The largest absolute Gasteiger partial charge is 0.306 e. The standard InChI is InChI=1S/C13H18ClN/c1-15-7-5-11(6-8-15)9-12-3-2-4-13(14)10-12/h2-4,10-11H,5-9H2,1H3. The van der Waals surface area contributed by atoms with Crippen molar-refractivity contribution in [3.8, 4) is 0 Å². The van der Waals surface area contributed by atoms with Gasteiger partial charge in [-0.05, 0) is 63.0 Å². The van der Waals surface area contributed by atoms with Gasteiger partial charge in [-0.2, -0.15) is 0 Å². The van der Waals surface area contributed by atoms with Gasteiger partial charge in [-0.1, -0.05) is 23.7 Å². The van der Waals surface area contributed by atoms with Crippen LogP contribution >= 0.6 is 11.6 Å². The van der Waals surface area contributed by atoms with Crippen molar-refractivity contribution in [1.82, 2.24) is 4.90 Å². The molecular weight excluding hydrogens is 206 g/mol. The molecular formula is C13H18ClN. The zero-order valence-corrected chi connectivity index (χ0v) is 10.0. The third-order valence-corrected chi connectivity index (χ3v) is 3.49. The summed E-state index contributed by atoms with van der Waals surface area (Å²) in [7, 11) is 2.20. The fourth-order valence-electron chi connectivity index (χ4n) is 2.26. The highest BCUT2D eigenvalue weighted by Gasteiger charge is 2.16. The number of nitrogens with zero attached hydrogens (tertiary/aromatic N) is 1. The van der Waals surface area contributed by atoms with Crippen molar-refractivity contribution >= 4 is 11.6 Å². The van der Waals surface area contributed by atoms with E-state index in [1.807, 2.05) is 12.1 Å². The molecule has 1 aromatic rings. The Bertz CT molecular complexity index is 316. The molecule has 15 heavy (non-hydrogen) atoms. The van der Waals surface area contributed by atoms with E-state index in [1.165, 1.54) is 37.9 Å².